The van der Waals surface area contributed by atoms with Gasteiger partial charge in [0.25, 0.3) is 5.56 Å². The van der Waals surface area contributed by atoms with E-state index in [-0.39, 0.29) is 11.3 Å². The molecule has 0 aliphatic heterocycles. The van der Waals surface area contributed by atoms with E-state index < -0.39 is 15.7 Å². The first-order valence-electron chi connectivity index (χ1n) is 7.30. The van der Waals surface area contributed by atoms with Crippen LogP contribution in [0.1, 0.15) is 5.56 Å². The lowest BCUT2D eigenvalue weighted by Gasteiger charge is -2.11. The summed E-state index contributed by atoms with van der Waals surface area (Å²) in [6.07, 6.45) is 2.82. The number of hydrogen-bond acceptors (Lipinski definition) is 3. The van der Waals surface area contributed by atoms with Gasteiger partial charge < -0.3 is 4.57 Å². The van der Waals surface area contributed by atoms with E-state index in [9.17, 15) is 17.6 Å². The summed E-state index contributed by atoms with van der Waals surface area (Å²) in [5.74, 6) is -0.497. The second kappa shape index (κ2) is 5.87. The van der Waals surface area contributed by atoms with Gasteiger partial charge in [0.15, 0.2) is 9.84 Å². The number of aryl methyl sites for hydroxylation is 1. The third-order valence-corrected chi connectivity index (χ3v) is 4.67. The number of benzene rings is 2. The Bertz CT molecular complexity index is 1100. The normalized spacial score (nSPS) is 11.8. The third kappa shape index (κ3) is 3.23. The number of pyridine rings is 1. The molecule has 1 aromatic heterocycles. The monoisotopic (exact) mass is 345 g/mol. The molecule has 0 N–H and O–H groups in total. The summed E-state index contributed by atoms with van der Waals surface area (Å²) in [5, 5.41) is 0.930. The van der Waals surface area contributed by atoms with Crippen molar-refractivity contribution in [3.05, 3.63) is 70.4 Å². The van der Waals surface area contributed by atoms with E-state index >= 15 is 0 Å². The lowest BCUT2D eigenvalue weighted by atomic mass is 9.99. The van der Waals surface area contributed by atoms with Crippen LogP contribution in [0.25, 0.3) is 21.9 Å². The molecule has 0 amide bonds. The van der Waals surface area contributed by atoms with Crippen molar-refractivity contribution in [2.24, 2.45) is 7.05 Å². The molecule has 0 atom stereocenters. The first-order chi connectivity index (χ1) is 11.2. The highest BCUT2D eigenvalue weighted by molar-refractivity contribution is 7.89. The molecule has 0 aliphatic carbocycles. The van der Waals surface area contributed by atoms with Gasteiger partial charge in [0.1, 0.15) is 5.82 Å². The van der Waals surface area contributed by atoms with Crippen molar-refractivity contribution >= 4 is 20.6 Å². The zero-order valence-corrected chi connectivity index (χ0v) is 14.1. The third-order valence-electron chi connectivity index (χ3n) is 3.81. The molecule has 0 saturated carbocycles. The van der Waals surface area contributed by atoms with E-state index in [4.69, 9.17) is 0 Å². The summed E-state index contributed by atoms with van der Waals surface area (Å²) in [5.41, 5.74) is 1.86. The average Bonchev–Trinajstić information content (AvgIpc) is 2.49. The van der Waals surface area contributed by atoms with Crippen molar-refractivity contribution in [1.82, 2.24) is 4.57 Å². The van der Waals surface area contributed by atoms with Crippen molar-refractivity contribution in [2.75, 3.05) is 6.26 Å². The lowest BCUT2D eigenvalue weighted by Crippen LogP contribution is -2.16. The van der Waals surface area contributed by atoms with Crippen LogP contribution < -0.4 is 5.56 Å². The molecule has 0 aliphatic rings. The van der Waals surface area contributed by atoms with Crippen molar-refractivity contribution in [3.63, 3.8) is 0 Å². The van der Waals surface area contributed by atoms with Crippen LogP contribution in [0.4, 0.5) is 4.39 Å². The molecule has 0 radical (unpaired) electrons. The van der Waals surface area contributed by atoms with Crippen molar-refractivity contribution < 1.29 is 12.8 Å². The summed E-state index contributed by atoms with van der Waals surface area (Å²) in [6, 6.07) is 11.1. The fourth-order valence-corrected chi connectivity index (χ4v) is 3.58. The zero-order chi connectivity index (χ0) is 17.5. The van der Waals surface area contributed by atoms with Crippen molar-refractivity contribution in [2.45, 2.75) is 5.75 Å². The molecule has 1 heterocycles. The van der Waals surface area contributed by atoms with E-state index in [0.717, 1.165) is 5.56 Å². The Balaban J connectivity index is 2.27. The highest BCUT2D eigenvalue weighted by atomic mass is 32.2. The van der Waals surface area contributed by atoms with Crippen LogP contribution in [0.15, 0.2) is 53.5 Å². The van der Waals surface area contributed by atoms with Crippen LogP contribution in [-0.2, 0) is 22.6 Å². The summed E-state index contributed by atoms with van der Waals surface area (Å²) in [6.45, 7) is 0. The molecule has 0 bridgehead atoms. The standard InChI is InChI=1S/C18H16FNO3S/c1-20-10-17(16-9-14(19)6-7-15(16)18(20)21)13-5-3-4-12(8-13)11-24(2,22)23/h3-10H,11H2,1-2H3. The molecular formula is C18H16FNO3S. The maximum absolute atomic E-state index is 13.7. The zero-order valence-electron chi connectivity index (χ0n) is 13.3. The van der Waals surface area contributed by atoms with E-state index in [1.165, 1.54) is 29.0 Å². The van der Waals surface area contributed by atoms with Gasteiger partial charge in [-0.2, -0.15) is 0 Å². The van der Waals surface area contributed by atoms with Crippen molar-refractivity contribution in [3.8, 4) is 11.1 Å². The van der Waals surface area contributed by atoms with E-state index in [2.05, 4.69) is 0 Å². The highest BCUT2D eigenvalue weighted by Crippen LogP contribution is 2.28. The number of sulfone groups is 1. The van der Waals surface area contributed by atoms with E-state index in [1.807, 2.05) is 6.07 Å². The maximum atomic E-state index is 13.7. The Labute approximate surface area is 139 Å². The second-order valence-electron chi connectivity index (χ2n) is 5.92. The SMILES string of the molecule is Cn1cc(-c2cccc(CS(C)(=O)=O)c2)c2cc(F)ccc2c1=O. The van der Waals surface area contributed by atoms with Gasteiger partial charge >= 0.3 is 0 Å². The smallest absolute Gasteiger partial charge is 0.258 e. The highest BCUT2D eigenvalue weighted by Gasteiger charge is 2.12. The number of hydrogen-bond donors (Lipinski definition) is 0. The van der Waals surface area contributed by atoms with Gasteiger partial charge in [-0.15, -0.1) is 0 Å². The molecule has 6 heteroatoms. The van der Waals surface area contributed by atoms with Crippen LogP contribution in [0.3, 0.4) is 0 Å². The summed E-state index contributed by atoms with van der Waals surface area (Å²) in [4.78, 5) is 12.2. The first-order valence-corrected chi connectivity index (χ1v) is 9.36. The van der Waals surface area contributed by atoms with E-state index in [1.54, 1.807) is 31.4 Å². The van der Waals surface area contributed by atoms with Crippen LogP contribution in [0, 0.1) is 5.82 Å². The molecule has 0 unspecified atom stereocenters. The molecule has 0 spiro atoms. The lowest BCUT2D eigenvalue weighted by molar-refractivity contribution is 0.601. The van der Waals surface area contributed by atoms with Crippen molar-refractivity contribution in [1.29, 1.82) is 0 Å². The largest absolute Gasteiger partial charge is 0.317 e. The number of fused-ring (bicyclic) bond motifs is 1. The molecule has 24 heavy (non-hydrogen) atoms. The minimum absolute atomic E-state index is 0.0705. The molecule has 3 rings (SSSR count). The minimum atomic E-state index is -3.16. The number of halogens is 1. The molecule has 2 aromatic carbocycles. The quantitative estimate of drug-likeness (QED) is 0.733. The fraction of sp³-hybridized carbons (Fsp3) is 0.167. The molecule has 4 nitrogen and oxygen atoms in total. The minimum Gasteiger partial charge on any atom is -0.317 e. The average molecular weight is 345 g/mol. The fourth-order valence-electron chi connectivity index (χ4n) is 2.80. The summed E-state index contributed by atoms with van der Waals surface area (Å²) < 4.78 is 38.1. The maximum Gasteiger partial charge on any atom is 0.258 e. The Morgan fingerprint density at radius 1 is 1.08 bits per heavy atom. The second-order valence-corrected chi connectivity index (χ2v) is 8.06. The molecule has 124 valence electrons. The number of nitrogens with zero attached hydrogens (tertiary/aromatic N) is 1. The van der Waals surface area contributed by atoms with Gasteiger partial charge in [0, 0.05) is 30.4 Å². The summed E-state index contributed by atoms with van der Waals surface area (Å²) in [7, 11) is -1.52. The van der Waals surface area contributed by atoms with E-state index in [0.29, 0.717) is 21.9 Å². The molecule has 0 saturated heterocycles. The van der Waals surface area contributed by atoms with Crippen LogP contribution in [-0.4, -0.2) is 19.2 Å². The van der Waals surface area contributed by atoms with Crippen LogP contribution in [0.2, 0.25) is 0 Å². The van der Waals surface area contributed by atoms with Gasteiger partial charge in [0.2, 0.25) is 0 Å². The Morgan fingerprint density at radius 3 is 2.54 bits per heavy atom. The number of aromatic nitrogens is 1. The molecule has 3 aromatic rings. The topological polar surface area (TPSA) is 56.1 Å². The first kappa shape index (κ1) is 16.4. The van der Waals surface area contributed by atoms with Crippen LogP contribution in [0.5, 0.6) is 0 Å². The van der Waals surface area contributed by atoms with Gasteiger partial charge in [-0.3, -0.25) is 4.79 Å². The Hall–Kier alpha value is -2.47. The Morgan fingerprint density at radius 2 is 1.83 bits per heavy atom. The summed E-state index contributed by atoms with van der Waals surface area (Å²) >= 11 is 0. The predicted molar refractivity (Wildman–Crippen MR) is 93.1 cm³/mol. The van der Waals surface area contributed by atoms with Crippen LogP contribution >= 0.6 is 0 Å². The predicted octanol–water partition coefficient (Wildman–Crippen LogP) is 2.89. The Kier molecular flexibility index (Phi) is 4.01. The van der Waals surface area contributed by atoms with Gasteiger partial charge in [-0.25, -0.2) is 12.8 Å². The molecule has 0 fully saturated rings. The number of rotatable bonds is 3. The van der Waals surface area contributed by atoms with Gasteiger partial charge in [-0.05, 0) is 34.7 Å². The van der Waals surface area contributed by atoms with Gasteiger partial charge in [0.05, 0.1) is 5.75 Å². The molecular weight excluding hydrogens is 329 g/mol. The van der Waals surface area contributed by atoms with Gasteiger partial charge in [-0.1, -0.05) is 24.3 Å².